The number of hydrogen-bond acceptors (Lipinski definition) is 4. The SMILES string of the molecule is [C-]#[N+]C1=C(C)N=C(C)C(C(=O)CCC(C)C)C1c1ccc(F)c2c(=O)cc(C)oc12. The van der Waals surface area contributed by atoms with Gasteiger partial charge in [-0.25, -0.2) is 9.24 Å². The van der Waals surface area contributed by atoms with Crippen LogP contribution in [-0.4, -0.2) is 11.5 Å². The lowest BCUT2D eigenvalue weighted by Gasteiger charge is -2.30. The van der Waals surface area contributed by atoms with Gasteiger partial charge in [-0.1, -0.05) is 19.9 Å². The summed E-state index contributed by atoms with van der Waals surface area (Å²) < 4.78 is 20.3. The van der Waals surface area contributed by atoms with Gasteiger partial charge < -0.3 is 4.42 Å². The summed E-state index contributed by atoms with van der Waals surface area (Å²) in [5.41, 5.74) is 1.53. The van der Waals surface area contributed by atoms with Crippen LogP contribution in [0.3, 0.4) is 0 Å². The number of carbonyl (C=O) groups excluding carboxylic acids is 1. The van der Waals surface area contributed by atoms with E-state index in [9.17, 15) is 14.0 Å². The van der Waals surface area contributed by atoms with Gasteiger partial charge in [0.15, 0.2) is 11.1 Å². The highest BCUT2D eigenvalue weighted by Gasteiger charge is 2.40. The molecule has 0 fully saturated rings. The van der Waals surface area contributed by atoms with Gasteiger partial charge in [-0.2, -0.15) is 0 Å². The highest BCUT2D eigenvalue weighted by molar-refractivity contribution is 6.07. The molecule has 0 radical (unpaired) electrons. The molecule has 2 heterocycles. The number of halogens is 1. The maximum Gasteiger partial charge on any atom is 0.195 e. The Balaban J connectivity index is 2.28. The van der Waals surface area contributed by atoms with Crippen LogP contribution in [0.1, 0.15) is 57.8 Å². The predicted molar refractivity (Wildman–Crippen MR) is 115 cm³/mol. The first-order valence-corrected chi connectivity index (χ1v) is 10.0. The van der Waals surface area contributed by atoms with E-state index in [1.807, 2.05) is 13.8 Å². The minimum atomic E-state index is -0.684. The second kappa shape index (κ2) is 8.35. The van der Waals surface area contributed by atoms with Crippen LogP contribution in [0.4, 0.5) is 4.39 Å². The molecule has 1 aromatic carbocycles. The van der Waals surface area contributed by atoms with Crippen LogP contribution in [0, 0.1) is 31.1 Å². The standard InChI is InChI=1S/C24H25FN2O3/c1-12(2)7-10-18(28)20-14(4)27-15(5)23(26-6)21(20)16-8-9-17(25)22-19(29)11-13(3)30-24(16)22/h8-9,11-12,20-21H,7,10H2,1-5H3. The Bertz CT molecular complexity index is 1180. The normalized spacial score (nSPS) is 19.2. The van der Waals surface area contributed by atoms with Gasteiger partial charge in [-0.3, -0.25) is 14.6 Å². The third-order valence-corrected chi connectivity index (χ3v) is 5.54. The van der Waals surface area contributed by atoms with E-state index in [2.05, 4.69) is 9.84 Å². The molecule has 0 N–H and O–H groups in total. The fourth-order valence-electron chi connectivity index (χ4n) is 4.10. The zero-order valence-electron chi connectivity index (χ0n) is 17.9. The van der Waals surface area contributed by atoms with Crippen LogP contribution in [-0.2, 0) is 4.79 Å². The van der Waals surface area contributed by atoms with Crippen molar-refractivity contribution in [1.82, 2.24) is 0 Å². The van der Waals surface area contributed by atoms with Gasteiger partial charge in [0.2, 0.25) is 0 Å². The van der Waals surface area contributed by atoms with E-state index >= 15 is 0 Å². The molecule has 0 bridgehead atoms. The molecule has 3 rings (SSSR count). The van der Waals surface area contributed by atoms with Crippen LogP contribution in [0.15, 0.2) is 43.8 Å². The van der Waals surface area contributed by atoms with E-state index in [1.165, 1.54) is 18.2 Å². The van der Waals surface area contributed by atoms with E-state index in [1.54, 1.807) is 20.8 Å². The molecule has 5 nitrogen and oxygen atoms in total. The average molecular weight is 408 g/mol. The summed E-state index contributed by atoms with van der Waals surface area (Å²) >= 11 is 0. The zero-order chi connectivity index (χ0) is 22.2. The van der Waals surface area contributed by atoms with Crippen LogP contribution in [0.2, 0.25) is 0 Å². The maximum absolute atomic E-state index is 14.5. The Hall–Kier alpha value is -3.07. The predicted octanol–water partition coefficient (Wildman–Crippen LogP) is 5.57. The van der Waals surface area contributed by atoms with E-state index < -0.39 is 23.1 Å². The smallest absolute Gasteiger partial charge is 0.195 e. The van der Waals surface area contributed by atoms with Gasteiger partial charge >= 0.3 is 0 Å². The van der Waals surface area contributed by atoms with Gasteiger partial charge in [0.05, 0.1) is 12.5 Å². The summed E-state index contributed by atoms with van der Waals surface area (Å²) in [6, 6.07) is 3.97. The number of benzene rings is 1. The Morgan fingerprint density at radius 1 is 1.30 bits per heavy atom. The van der Waals surface area contributed by atoms with Gasteiger partial charge in [0.1, 0.15) is 28.3 Å². The topological polar surface area (TPSA) is 64.0 Å². The number of rotatable bonds is 5. The molecule has 2 aromatic rings. The van der Waals surface area contributed by atoms with Crippen molar-refractivity contribution >= 4 is 22.5 Å². The van der Waals surface area contributed by atoms with Crippen LogP contribution in [0.25, 0.3) is 15.8 Å². The molecule has 2 unspecified atom stereocenters. The van der Waals surface area contributed by atoms with Gasteiger partial charge in [-0.15, -0.1) is 0 Å². The van der Waals surface area contributed by atoms with Crippen molar-refractivity contribution in [3.05, 3.63) is 68.4 Å². The largest absolute Gasteiger partial charge is 0.461 e. The average Bonchev–Trinajstić information content (AvgIpc) is 2.65. The number of carbonyl (C=O) groups is 1. The van der Waals surface area contributed by atoms with Crippen molar-refractivity contribution in [3.63, 3.8) is 0 Å². The van der Waals surface area contributed by atoms with E-state index in [0.717, 1.165) is 6.42 Å². The number of hydrogen-bond donors (Lipinski definition) is 0. The molecule has 1 aromatic heterocycles. The quantitative estimate of drug-likeness (QED) is 0.608. The number of fused-ring (bicyclic) bond motifs is 1. The second-order valence-electron chi connectivity index (χ2n) is 8.25. The number of allylic oxidation sites excluding steroid dienone is 2. The summed E-state index contributed by atoms with van der Waals surface area (Å²) in [5.74, 6) is -1.33. The highest BCUT2D eigenvalue weighted by atomic mass is 19.1. The molecule has 0 spiro atoms. The molecule has 0 saturated carbocycles. The molecule has 1 aliphatic heterocycles. The summed E-state index contributed by atoms with van der Waals surface area (Å²) in [6.07, 6.45) is 1.09. The molecule has 156 valence electrons. The molecule has 0 saturated heterocycles. The van der Waals surface area contributed by atoms with Gasteiger partial charge in [-0.05, 0) is 44.7 Å². The van der Waals surface area contributed by atoms with Crippen molar-refractivity contribution in [1.29, 1.82) is 0 Å². The maximum atomic E-state index is 14.5. The van der Waals surface area contributed by atoms with E-state index in [4.69, 9.17) is 11.0 Å². The lowest BCUT2D eigenvalue weighted by molar-refractivity contribution is -0.121. The zero-order valence-corrected chi connectivity index (χ0v) is 17.9. The lowest BCUT2D eigenvalue weighted by Crippen LogP contribution is -2.33. The molecular weight excluding hydrogens is 383 g/mol. The number of aryl methyl sites for hydroxylation is 1. The van der Waals surface area contributed by atoms with Crippen LogP contribution < -0.4 is 5.43 Å². The number of Topliss-reactive ketones (excluding diaryl/α,β-unsaturated/α-hetero) is 1. The molecule has 6 heteroatoms. The first-order valence-electron chi connectivity index (χ1n) is 10.0. The molecule has 0 aliphatic carbocycles. The summed E-state index contributed by atoms with van der Waals surface area (Å²) in [4.78, 5) is 33.8. The van der Waals surface area contributed by atoms with Crippen molar-refractivity contribution in [2.24, 2.45) is 16.8 Å². The second-order valence-corrected chi connectivity index (χ2v) is 8.25. The van der Waals surface area contributed by atoms with Crippen LogP contribution >= 0.6 is 0 Å². The minimum Gasteiger partial charge on any atom is -0.461 e. The molecule has 0 amide bonds. The lowest BCUT2D eigenvalue weighted by atomic mass is 9.75. The Morgan fingerprint density at radius 2 is 2.00 bits per heavy atom. The first kappa shape index (κ1) is 21.6. The van der Waals surface area contributed by atoms with E-state index in [-0.39, 0.29) is 16.8 Å². The van der Waals surface area contributed by atoms with Crippen molar-refractivity contribution in [2.45, 2.75) is 53.4 Å². The summed E-state index contributed by atoms with van der Waals surface area (Å²) in [6.45, 7) is 16.9. The first-order chi connectivity index (χ1) is 14.1. The molecule has 1 aliphatic rings. The van der Waals surface area contributed by atoms with Crippen molar-refractivity contribution in [3.8, 4) is 0 Å². The highest BCUT2D eigenvalue weighted by Crippen LogP contribution is 2.43. The third kappa shape index (κ3) is 3.85. The fourth-order valence-corrected chi connectivity index (χ4v) is 4.10. The van der Waals surface area contributed by atoms with Gasteiger partial charge in [0, 0.05) is 29.8 Å². The summed E-state index contributed by atoms with van der Waals surface area (Å²) in [5, 5.41) is -0.159. The minimum absolute atomic E-state index is 0.0175. The molecule has 2 atom stereocenters. The number of ketones is 1. The van der Waals surface area contributed by atoms with Crippen molar-refractivity contribution in [2.75, 3.05) is 0 Å². The van der Waals surface area contributed by atoms with Gasteiger partial charge in [0.25, 0.3) is 0 Å². The van der Waals surface area contributed by atoms with E-state index in [0.29, 0.717) is 40.8 Å². The third-order valence-electron chi connectivity index (χ3n) is 5.54. The Morgan fingerprint density at radius 3 is 2.63 bits per heavy atom. The molecule has 30 heavy (non-hydrogen) atoms. The molecular formula is C24H25FN2O3. The summed E-state index contributed by atoms with van der Waals surface area (Å²) in [7, 11) is 0. The fraction of sp³-hybridized carbons (Fsp3) is 0.417. The Labute approximate surface area is 175 Å². The van der Waals surface area contributed by atoms with Crippen molar-refractivity contribution < 1.29 is 13.6 Å². The Kier molecular flexibility index (Phi) is 6.02. The number of aliphatic imine (C=N–C) groups is 1. The monoisotopic (exact) mass is 408 g/mol. The van der Waals surface area contributed by atoms with Crippen LogP contribution in [0.5, 0.6) is 0 Å². The number of nitrogens with zero attached hydrogens (tertiary/aromatic N) is 2.